The largest absolute Gasteiger partial charge is 0.416 e. The predicted molar refractivity (Wildman–Crippen MR) is 124 cm³/mol. The van der Waals surface area contributed by atoms with E-state index in [1.165, 1.54) is 6.07 Å². The SMILES string of the molecule is C[C@@H](Nc1nc(NC(=O)CN)nc2cnc(N3CCCC3)cc12)c1cc(N)cc(C(F)(F)F)c1. The molecule has 1 aromatic carbocycles. The van der Waals surface area contributed by atoms with Crippen LogP contribution in [0.5, 0.6) is 0 Å². The molecule has 0 aliphatic carbocycles. The molecule has 1 aliphatic rings. The van der Waals surface area contributed by atoms with Gasteiger partial charge in [-0.1, -0.05) is 0 Å². The molecule has 12 heteroatoms. The van der Waals surface area contributed by atoms with Gasteiger partial charge in [-0.05, 0) is 49.6 Å². The Morgan fingerprint density at radius 1 is 1.18 bits per heavy atom. The number of nitrogen functional groups attached to an aromatic ring is 1. The zero-order valence-electron chi connectivity index (χ0n) is 18.5. The maximum Gasteiger partial charge on any atom is 0.416 e. The second kappa shape index (κ2) is 9.29. The first kappa shape index (κ1) is 23.5. The molecule has 1 aliphatic heterocycles. The van der Waals surface area contributed by atoms with Gasteiger partial charge in [0, 0.05) is 24.2 Å². The van der Waals surface area contributed by atoms with Crippen molar-refractivity contribution in [3.05, 3.63) is 41.6 Å². The van der Waals surface area contributed by atoms with E-state index in [9.17, 15) is 18.0 Å². The summed E-state index contributed by atoms with van der Waals surface area (Å²) in [5, 5.41) is 6.29. The Hall–Kier alpha value is -3.67. The number of alkyl halides is 3. The van der Waals surface area contributed by atoms with Crippen molar-refractivity contribution in [3.63, 3.8) is 0 Å². The molecule has 0 spiro atoms. The number of halogens is 3. The van der Waals surface area contributed by atoms with E-state index in [0.29, 0.717) is 22.3 Å². The number of hydrogen-bond donors (Lipinski definition) is 4. The molecule has 6 N–H and O–H groups in total. The number of hydrogen-bond acceptors (Lipinski definition) is 8. The molecule has 3 aromatic rings. The lowest BCUT2D eigenvalue weighted by atomic mass is 10.0. The van der Waals surface area contributed by atoms with Gasteiger partial charge in [-0.2, -0.15) is 18.2 Å². The normalized spacial score (nSPS) is 14.9. The number of nitrogens with two attached hydrogens (primary N) is 2. The van der Waals surface area contributed by atoms with Crippen molar-refractivity contribution in [3.8, 4) is 0 Å². The summed E-state index contributed by atoms with van der Waals surface area (Å²) < 4.78 is 39.9. The molecule has 0 bridgehead atoms. The van der Waals surface area contributed by atoms with Crippen molar-refractivity contribution >= 4 is 40.1 Å². The summed E-state index contributed by atoms with van der Waals surface area (Å²) >= 11 is 0. The fourth-order valence-electron chi connectivity index (χ4n) is 3.86. The van der Waals surface area contributed by atoms with Crippen LogP contribution in [0.1, 0.15) is 36.9 Å². The van der Waals surface area contributed by atoms with Gasteiger partial charge in [0.2, 0.25) is 11.9 Å². The topological polar surface area (TPSA) is 135 Å². The number of pyridine rings is 1. The van der Waals surface area contributed by atoms with Gasteiger partial charge < -0.3 is 21.7 Å². The molecule has 180 valence electrons. The van der Waals surface area contributed by atoms with E-state index < -0.39 is 23.7 Å². The molecule has 3 heterocycles. The van der Waals surface area contributed by atoms with Crippen LogP contribution in [-0.2, 0) is 11.0 Å². The third-order valence-electron chi connectivity index (χ3n) is 5.59. The number of fused-ring (bicyclic) bond motifs is 1. The van der Waals surface area contributed by atoms with Crippen LogP contribution in [0.2, 0.25) is 0 Å². The molecule has 4 rings (SSSR count). The van der Waals surface area contributed by atoms with E-state index in [2.05, 4.69) is 30.5 Å². The van der Waals surface area contributed by atoms with Crippen molar-refractivity contribution in [1.82, 2.24) is 15.0 Å². The Morgan fingerprint density at radius 3 is 2.59 bits per heavy atom. The van der Waals surface area contributed by atoms with E-state index >= 15 is 0 Å². The first-order valence-corrected chi connectivity index (χ1v) is 10.8. The van der Waals surface area contributed by atoms with E-state index in [1.54, 1.807) is 13.1 Å². The van der Waals surface area contributed by atoms with Crippen LogP contribution in [0.25, 0.3) is 10.9 Å². The van der Waals surface area contributed by atoms with E-state index in [0.717, 1.165) is 43.9 Å². The number of benzene rings is 1. The molecule has 0 radical (unpaired) electrons. The summed E-state index contributed by atoms with van der Waals surface area (Å²) in [6.45, 7) is 3.21. The maximum atomic E-state index is 13.3. The van der Waals surface area contributed by atoms with Gasteiger partial charge in [0.25, 0.3) is 0 Å². The minimum absolute atomic E-state index is 0.00226. The summed E-state index contributed by atoms with van der Waals surface area (Å²) in [6.07, 6.45) is -0.804. The number of anilines is 4. The Balaban J connectivity index is 1.74. The van der Waals surface area contributed by atoms with Crippen LogP contribution in [0.4, 0.5) is 36.4 Å². The Kier molecular flexibility index (Phi) is 6.42. The molecule has 1 saturated heterocycles. The number of amides is 1. The first-order valence-electron chi connectivity index (χ1n) is 10.8. The zero-order valence-corrected chi connectivity index (χ0v) is 18.5. The smallest absolute Gasteiger partial charge is 0.399 e. The maximum absolute atomic E-state index is 13.3. The Morgan fingerprint density at radius 2 is 1.91 bits per heavy atom. The van der Waals surface area contributed by atoms with Crippen molar-refractivity contribution < 1.29 is 18.0 Å². The molecular formula is C22H25F3N8O. The molecular weight excluding hydrogens is 449 g/mol. The van der Waals surface area contributed by atoms with Crippen molar-refractivity contribution in [2.24, 2.45) is 5.73 Å². The summed E-state index contributed by atoms with van der Waals surface area (Å²) in [5.74, 6) is 0.623. The monoisotopic (exact) mass is 474 g/mol. The number of rotatable bonds is 6. The molecule has 1 amide bonds. The lowest BCUT2D eigenvalue weighted by molar-refractivity contribution is -0.137. The van der Waals surface area contributed by atoms with Crippen LogP contribution >= 0.6 is 0 Å². The fourth-order valence-corrected chi connectivity index (χ4v) is 3.86. The molecule has 2 aromatic heterocycles. The second-order valence-electron chi connectivity index (χ2n) is 8.15. The zero-order chi connectivity index (χ0) is 24.5. The summed E-state index contributed by atoms with van der Waals surface area (Å²) in [7, 11) is 0. The standard InChI is InChI=1S/C22H25F3N8O/c1-12(13-6-14(22(23,24)25)8-15(27)7-13)29-20-16-9-18(33-4-2-3-5-33)28-11-17(16)30-21(32-20)31-19(34)10-26/h6-9,11-12H,2-5,10,26-27H2,1H3,(H2,29,30,31,32,34)/t12-/m1/s1. The van der Waals surface area contributed by atoms with E-state index in [4.69, 9.17) is 11.5 Å². The van der Waals surface area contributed by atoms with Crippen LogP contribution in [0, 0.1) is 0 Å². The molecule has 9 nitrogen and oxygen atoms in total. The first-order chi connectivity index (χ1) is 16.1. The van der Waals surface area contributed by atoms with Gasteiger partial charge in [0.05, 0.1) is 29.9 Å². The van der Waals surface area contributed by atoms with Gasteiger partial charge in [-0.25, -0.2) is 9.97 Å². The van der Waals surface area contributed by atoms with Crippen LogP contribution in [0.15, 0.2) is 30.5 Å². The highest BCUT2D eigenvalue weighted by atomic mass is 19.4. The number of nitrogens with zero attached hydrogens (tertiary/aromatic N) is 4. The summed E-state index contributed by atoms with van der Waals surface area (Å²) in [5.41, 5.74) is 11.1. The van der Waals surface area contributed by atoms with Crippen LogP contribution in [0.3, 0.4) is 0 Å². The van der Waals surface area contributed by atoms with Crippen LogP contribution < -0.4 is 27.0 Å². The molecule has 1 fully saturated rings. The second-order valence-corrected chi connectivity index (χ2v) is 8.15. The number of nitrogens with one attached hydrogen (secondary N) is 2. The number of carbonyl (C=O) groups is 1. The highest BCUT2D eigenvalue weighted by molar-refractivity contribution is 5.95. The van der Waals surface area contributed by atoms with Crippen molar-refractivity contribution in [2.45, 2.75) is 32.0 Å². The molecule has 0 unspecified atom stereocenters. The quantitative estimate of drug-likeness (QED) is 0.400. The molecule has 34 heavy (non-hydrogen) atoms. The van der Waals surface area contributed by atoms with Gasteiger partial charge in [-0.3, -0.25) is 10.1 Å². The predicted octanol–water partition coefficient (Wildman–Crippen LogP) is 3.30. The molecule has 1 atom stereocenters. The van der Waals surface area contributed by atoms with Gasteiger partial charge in [-0.15, -0.1) is 0 Å². The summed E-state index contributed by atoms with van der Waals surface area (Å²) in [6, 6.07) is 4.66. The lowest BCUT2D eigenvalue weighted by Gasteiger charge is -2.20. The van der Waals surface area contributed by atoms with Gasteiger partial charge >= 0.3 is 6.18 Å². The van der Waals surface area contributed by atoms with Crippen molar-refractivity contribution in [1.29, 1.82) is 0 Å². The Bertz CT molecular complexity index is 1210. The highest BCUT2D eigenvalue weighted by Gasteiger charge is 2.31. The van der Waals surface area contributed by atoms with Crippen LogP contribution in [-0.4, -0.2) is 40.5 Å². The highest BCUT2D eigenvalue weighted by Crippen LogP contribution is 2.34. The summed E-state index contributed by atoms with van der Waals surface area (Å²) in [4.78, 5) is 27.2. The Labute approximate surface area is 193 Å². The third-order valence-corrected chi connectivity index (χ3v) is 5.59. The lowest BCUT2D eigenvalue weighted by Crippen LogP contribution is -2.23. The van der Waals surface area contributed by atoms with Gasteiger partial charge in [0.1, 0.15) is 11.6 Å². The average molecular weight is 474 g/mol. The number of aromatic nitrogens is 3. The van der Waals surface area contributed by atoms with Crippen molar-refractivity contribution in [2.75, 3.05) is 40.9 Å². The average Bonchev–Trinajstić information content (AvgIpc) is 3.32. The van der Waals surface area contributed by atoms with Gasteiger partial charge in [0.15, 0.2) is 0 Å². The molecule has 0 saturated carbocycles. The van der Waals surface area contributed by atoms with E-state index in [-0.39, 0.29) is 18.2 Å². The minimum atomic E-state index is -4.53. The fraction of sp³-hybridized carbons (Fsp3) is 0.364. The minimum Gasteiger partial charge on any atom is -0.399 e. The van der Waals surface area contributed by atoms with E-state index in [1.807, 2.05) is 6.07 Å². The number of carbonyl (C=O) groups excluding carboxylic acids is 1. The third kappa shape index (κ3) is 5.11.